The standard InChI is InChI=1S/C12H13NO/c1-2-11-3-8(4-11)7-13(11)10(14)12-5-9(12)6-12/h1,8-9H,3-7H2. The summed E-state index contributed by atoms with van der Waals surface area (Å²) in [5.74, 6) is 4.70. The van der Waals surface area contributed by atoms with Crippen molar-refractivity contribution >= 4 is 5.91 Å². The predicted octanol–water partition coefficient (Wildman–Crippen LogP) is 1.02. The molecule has 2 aliphatic heterocycles. The van der Waals surface area contributed by atoms with Crippen LogP contribution in [-0.2, 0) is 4.79 Å². The van der Waals surface area contributed by atoms with Crippen molar-refractivity contribution in [2.75, 3.05) is 6.54 Å². The van der Waals surface area contributed by atoms with Gasteiger partial charge in [0, 0.05) is 6.54 Å². The lowest BCUT2D eigenvalue weighted by Crippen LogP contribution is -2.48. The monoisotopic (exact) mass is 187 g/mol. The topological polar surface area (TPSA) is 20.3 Å². The molecule has 2 bridgehead atoms. The molecule has 2 heterocycles. The van der Waals surface area contributed by atoms with Gasteiger partial charge in [0.2, 0.25) is 5.91 Å². The molecule has 3 aliphatic carbocycles. The minimum atomic E-state index is -0.147. The van der Waals surface area contributed by atoms with Crippen LogP contribution in [0, 0.1) is 29.6 Å². The molecule has 0 radical (unpaired) electrons. The lowest BCUT2D eigenvalue weighted by molar-refractivity contribution is -0.136. The van der Waals surface area contributed by atoms with Gasteiger partial charge in [-0.05, 0) is 37.5 Å². The molecular weight excluding hydrogens is 174 g/mol. The first kappa shape index (κ1) is 7.34. The Bertz CT molecular complexity index is 380. The number of hydrogen-bond donors (Lipinski definition) is 0. The van der Waals surface area contributed by atoms with E-state index in [2.05, 4.69) is 5.92 Å². The maximum Gasteiger partial charge on any atom is 0.230 e. The number of amides is 1. The molecule has 72 valence electrons. The Morgan fingerprint density at radius 1 is 1.36 bits per heavy atom. The van der Waals surface area contributed by atoms with E-state index >= 15 is 0 Å². The van der Waals surface area contributed by atoms with Gasteiger partial charge in [0.1, 0.15) is 5.54 Å². The molecule has 3 saturated carbocycles. The van der Waals surface area contributed by atoms with E-state index in [-0.39, 0.29) is 11.0 Å². The largest absolute Gasteiger partial charge is 0.325 e. The van der Waals surface area contributed by atoms with Crippen molar-refractivity contribution < 1.29 is 4.79 Å². The summed E-state index contributed by atoms with van der Waals surface area (Å²) in [6.07, 6.45) is 9.99. The van der Waals surface area contributed by atoms with Crippen LogP contribution in [0.25, 0.3) is 0 Å². The van der Waals surface area contributed by atoms with Crippen LogP contribution in [0.2, 0.25) is 0 Å². The molecule has 0 aromatic heterocycles. The second kappa shape index (κ2) is 1.74. The van der Waals surface area contributed by atoms with E-state index in [0.29, 0.717) is 11.8 Å². The fourth-order valence-corrected chi connectivity index (χ4v) is 3.47. The average molecular weight is 187 g/mol. The second-order valence-corrected chi connectivity index (χ2v) is 5.63. The maximum atomic E-state index is 12.2. The van der Waals surface area contributed by atoms with E-state index < -0.39 is 0 Å². The molecule has 0 spiro atoms. The highest BCUT2D eigenvalue weighted by Crippen LogP contribution is 2.76. The Morgan fingerprint density at radius 2 is 2.00 bits per heavy atom. The number of carbonyl (C=O) groups excluding carboxylic acids is 1. The molecule has 1 amide bonds. The van der Waals surface area contributed by atoms with Gasteiger partial charge >= 0.3 is 0 Å². The Hall–Kier alpha value is -0.970. The van der Waals surface area contributed by atoms with Gasteiger partial charge in [0.15, 0.2) is 0 Å². The Labute approximate surface area is 83.7 Å². The number of terminal acetylenes is 1. The van der Waals surface area contributed by atoms with Crippen molar-refractivity contribution in [1.82, 2.24) is 4.90 Å². The van der Waals surface area contributed by atoms with E-state index in [0.717, 1.165) is 38.1 Å². The van der Waals surface area contributed by atoms with Crippen LogP contribution >= 0.6 is 0 Å². The van der Waals surface area contributed by atoms with Crippen LogP contribution in [0.15, 0.2) is 0 Å². The summed E-state index contributed by atoms with van der Waals surface area (Å²) in [6, 6.07) is 0. The lowest BCUT2D eigenvalue weighted by atomic mass is 9.74. The third kappa shape index (κ3) is 0.572. The summed E-state index contributed by atoms with van der Waals surface area (Å²) in [6.45, 7) is 0.942. The summed E-state index contributed by atoms with van der Waals surface area (Å²) in [7, 11) is 0. The zero-order valence-corrected chi connectivity index (χ0v) is 8.12. The summed E-state index contributed by atoms with van der Waals surface area (Å²) < 4.78 is 0. The first-order valence-corrected chi connectivity index (χ1v) is 5.50. The van der Waals surface area contributed by atoms with Crippen molar-refractivity contribution in [2.45, 2.75) is 31.2 Å². The SMILES string of the molecule is C#CC12CC(CN1C(=O)C13CC1C3)C2. The van der Waals surface area contributed by atoms with Crippen LogP contribution in [0.5, 0.6) is 0 Å². The third-order valence-corrected chi connectivity index (χ3v) is 4.83. The maximum absolute atomic E-state index is 12.2. The van der Waals surface area contributed by atoms with E-state index in [1.54, 1.807) is 0 Å². The van der Waals surface area contributed by atoms with Crippen LogP contribution in [0.1, 0.15) is 25.7 Å². The first-order chi connectivity index (χ1) is 6.70. The molecule has 0 aromatic rings. The van der Waals surface area contributed by atoms with Gasteiger partial charge in [-0.15, -0.1) is 6.42 Å². The summed E-state index contributed by atoms with van der Waals surface area (Å²) >= 11 is 0. The molecule has 2 nitrogen and oxygen atoms in total. The van der Waals surface area contributed by atoms with Gasteiger partial charge in [-0.3, -0.25) is 4.79 Å². The van der Waals surface area contributed by atoms with Gasteiger partial charge in [0.05, 0.1) is 5.41 Å². The highest BCUT2D eigenvalue weighted by Gasteiger charge is 2.77. The Morgan fingerprint density at radius 3 is 2.50 bits per heavy atom. The Kier molecular flexibility index (Phi) is 0.910. The molecule has 0 N–H and O–H groups in total. The van der Waals surface area contributed by atoms with Crippen molar-refractivity contribution in [3.63, 3.8) is 0 Å². The number of carbonyl (C=O) groups is 1. The second-order valence-electron chi connectivity index (χ2n) is 5.63. The average Bonchev–Trinajstić information content (AvgIpc) is 2.86. The molecule has 0 aromatic carbocycles. The highest BCUT2D eigenvalue weighted by molar-refractivity contribution is 5.91. The van der Waals surface area contributed by atoms with Crippen molar-refractivity contribution in [2.24, 2.45) is 17.3 Å². The minimum Gasteiger partial charge on any atom is -0.325 e. The number of hydrogen-bond acceptors (Lipinski definition) is 1. The number of rotatable bonds is 1. The van der Waals surface area contributed by atoms with Crippen molar-refractivity contribution in [1.29, 1.82) is 0 Å². The van der Waals surface area contributed by atoms with Gasteiger partial charge in [0.25, 0.3) is 0 Å². The molecular formula is C12H13NO. The molecule has 14 heavy (non-hydrogen) atoms. The van der Waals surface area contributed by atoms with Crippen LogP contribution < -0.4 is 0 Å². The predicted molar refractivity (Wildman–Crippen MR) is 51.2 cm³/mol. The number of fused-ring (bicyclic) bond motifs is 2. The quantitative estimate of drug-likeness (QED) is 0.561. The molecule has 0 atom stereocenters. The molecule has 2 saturated heterocycles. The smallest absolute Gasteiger partial charge is 0.230 e. The fraction of sp³-hybridized carbons (Fsp3) is 0.750. The molecule has 5 rings (SSSR count). The van der Waals surface area contributed by atoms with Crippen LogP contribution in [-0.4, -0.2) is 22.9 Å². The van der Waals surface area contributed by atoms with E-state index in [9.17, 15) is 4.79 Å². The van der Waals surface area contributed by atoms with Crippen molar-refractivity contribution in [3.05, 3.63) is 0 Å². The summed E-state index contributed by atoms with van der Waals surface area (Å²) in [5.41, 5.74) is -0.0342. The lowest BCUT2D eigenvalue weighted by Gasteiger charge is -2.37. The normalized spacial score (nSPS) is 55.8. The number of nitrogens with zero attached hydrogens (tertiary/aromatic N) is 1. The van der Waals surface area contributed by atoms with Gasteiger partial charge < -0.3 is 4.90 Å². The van der Waals surface area contributed by atoms with Gasteiger partial charge in [-0.1, -0.05) is 5.92 Å². The zero-order valence-electron chi connectivity index (χ0n) is 8.12. The van der Waals surface area contributed by atoms with Crippen LogP contribution in [0.3, 0.4) is 0 Å². The molecule has 5 fully saturated rings. The van der Waals surface area contributed by atoms with Gasteiger partial charge in [-0.25, -0.2) is 0 Å². The zero-order chi connectivity index (χ0) is 9.55. The summed E-state index contributed by atoms with van der Waals surface area (Å²) in [5, 5.41) is 0. The fourth-order valence-electron chi connectivity index (χ4n) is 3.47. The minimum absolute atomic E-state index is 0.112. The first-order valence-electron chi connectivity index (χ1n) is 5.50. The molecule has 0 unspecified atom stereocenters. The van der Waals surface area contributed by atoms with E-state index in [1.807, 2.05) is 4.90 Å². The molecule has 2 heteroatoms. The highest BCUT2D eigenvalue weighted by atomic mass is 16.2. The Balaban J connectivity index is 1.67. The van der Waals surface area contributed by atoms with Crippen molar-refractivity contribution in [3.8, 4) is 12.3 Å². The molecule has 5 aliphatic rings. The third-order valence-electron chi connectivity index (χ3n) is 4.83. The van der Waals surface area contributed by atoms with Gasteiger partial charge in [-0.2, -0.15) is 0 Å². The summed E-state index contributed by atoms with van der Waals surface area (Å²) in [4.78, 5) is 14.2. The van der Waals surface area contributed by atoms with E-state index in [4.69, 9.17) is 6.42 Å². The van der Waals surface area contributed by atoms with E-state index in [1.165, 1.54) is 0 Å². The van der Waals surface area contributed by atoms with Crippen LogP contribution in [0.4, 0.5) is 0 Å².